The summed E-state index contributed by atoms with van der Waals surface area (Å²) >= 11 is 1.47. The number of hydrogen-bond donors (Lipinski definition) is 3. The van der Waals surface area contributed by atoms with Gasteiger partial charge in [0.05, 0.1) is 5.69 Å². The van der Waals surface area contributed by atoms with Crippen LogP contribution in [0.15, 0.2) is 36.5 Å². The second kappa shape index (κ2) is 10.1. The van der Waals surface area contributed by atoms with Crippen molar-refractivity contribution in [1.29, 1.82) is 0 Å². The zero-order valence-corrected chi connectivity index (χ0v) is 18.9. The molecule has 32 heavy (non-hydrogen) atoms. The van der Waals surface area contributed by atoms with Gasteiger partial charge in [0.2, 0.25) is 11.0 Å². The fourth-order valence-corrected chi connectivity index (χ4v) is 4.49. The number of carbonyl (C=O) groups is 1. The van der Waals surface area contributed by atoms with Crippen molar-refractivity contribution in [3.8, 4) is 0 Å². The first-order valence-corrected chi connectivity index (χ1v) is 11.6. The Morgan fingerprint density at radius 2 is 2.00 bits per heavy atom. The van der Waals surface area contributed by atoms with Gasteiger partial charge in [0.1, 0.15) is 11.2 Å². The first-order valence-electron chi connectivity index (χ1n) is 10.8. The first kappa shape index (κ1) is 22.2. The minimum atomic E-state index is -0.759. The highest BCUT2D eigenvalue weighted by Gasteiger charge is 2.32. The van der Waals surface area contributed by atoms with Crippen molar-refractivity contribution in [2.45, 2.75) is 51.7 Å². The van der Waals surface area contributed by atoms with Crippen LogP contribution in [-0.2, 0) is 17.6 Å². The van der Waals surface area contributed by atoms with E-state index in [2.05, 4.69) is 36.0 Å². The fraction of sp³-hybridized carbons (Fsp3) is 0.455. The molecule has 0 aromatic carbocycles. The number of carbonyl (C=O) groups excluding carboxylic acids is 1. The molecule has 9 nitrogen and oxygen atoms in total. The SMILES string of the molecule is CC(C)C(=O)Nc1ccc([C@H]2C[C@@H](Cc3nnc(NC(O)Cc4ccccn4)s3)C2)nn1. The van der Waals surface area contributed by atoms with Gasteiger partial charge in [-0.15, -0.1) is 15.3 Å². The summed E-state index contributed by atoms with van der Waals surface area (Å²) < 4.78 is 0. The topological polar surface area (TPSA) is 126 Å². The van der Waals surface area contributed by atoms with Crippen molar-refractivity contribution in [1.82, 2.24) is 25.4 Å². The van der Waals surface area contributed by atoms with Gasteiger partial charge in [0, 0.05) is 36.6 Å². The monoisotopic (exact) mass is 453 g/mol. The third-order valence-corrected chi connectivity index (χ3v) is 6.34. The highest BCUT2D eigenvalue weighted by atomic mass is 32.1. The van der Waals surface area contributed by atoms with Crippen LogP contribution in [0.2, 0.25) is 0 Å². The standard InChI is InChI=1S/C22H27N7O2S/c1-13(2)21(31)24-18-7-6-17(26-27-18)15-9-14(10-15)11-20-28-29-22(32-20)25-19(30)12-16-5-3-4-8-23-16/h3-8,13-15,19,30H,9-12H2,1-2H3,(H,25,29)(H,24,27,31)/t14-,15+,19?. The van der Waals surface area contributed by atoms with Crippen LogP contribution >= 0.6 is 11.3 Å². The van der Waals surface area contributed by atoms with Gasteiger partial charge in [0.15, 0.2) is 5.82 Å². The molecule has 1 aliphatic rings. The quantitative estimate of drug-likeness (QED) is 0.422. The van der Waals surface area contributed by atoms with Crippen molar-refractivity contribution in [3.63, 3.8) is 0 Å². The molecule has 10 heteroatoms. The molecule has 1 saturated carbocycles. The molecule has 0 radical (unpaired) electrons. The van der Waals surface area contributed by atoms with E-state index in [-0.39, 0.29) is 11.8 Å². The Bertz CT molecular complexity index is 1020. The van der Waals surface area contributed by atoms with Crippen LogP contribution in [0.25, 0.3) is 0 Å². The summed E-state index contributed by atoms with van der Waals surface area (Å²) in [5, 5.41) is 34.4. The minimum Gasteiger partial charge on any atom is -0.373 e. The van der Waals surface area contributed by atoms with Gasteiger partial charge in [-0.05, 0) is 43.0 Å². The predicted octanol–water partition coefficient (Wildman–Crippen LogP) is 3.03. The average Bonchev–Trinajstić information content (AvgIpc) is 3.18. The number of pyridine rings is 1. The molecule has 168 valence electrons. The fourth-order valence-electron chi connectivity index (χ4n) is 3.59. The van der Waals surface area contributed by atoms with Crippen molar-refractivity contribution in [3.05, 3.63) is 52.9 Å². The Kier molecular flexibility index (Phi) is 7.01. The molecular formula is C22H27N7O2S. The van der Waals surface area contributed by atoms with Gasteiger partial charge in [-0.1, -0.05) is 31.3 Å². The molecule has 1 aliphatic carbocycles. The molecular weight excluding hydrogens is 426 g/mol. The van der Waals surface area contributed by atoms with Crippen molar-refractivity contribution in [2.75, 3.05) is 10.6 Å². The van der Waals surface area contributed by atoms with Gasteiger partial charge < -0.3 is 15.7 Å². The molecule has 0 bridgehead atoms. The normalized spacial score (nSPS) is 18.8. The van der Waals surface area contributed by atoms with E-state index in [1.807, 2.05) is 44.2 Å². The number of amides is 1. The smallest absolute Gasteiger partial charge is 0.228 e. The molecule has 0 aliphatic heterocycles. The van der Waals surface area contributed by atoms with Crippen LogP contribution in [0, 0.1) is 11.8 Å². The third-order valence-electron chi connectivity index (χ3n) is 5.46. The van der Waals surface area contributed by atoms with Crippen LogP contribution < -0.4 is 10.6 Å². The highest BCUT2D eigenvalue weighted by Crippen LogP contribution is 2.42. The molecule has 1 amide bonds. The van der Waals surface area contributed by atoms with E-state index < -0.39 is 6.23 Å². The Morgan fingerprint density at radius 3 is 2.69 bits per heavy atom. The van der Waals surface area contributed by atoms with Gasteiger partial charge in [0.25, 0.3) is 0 Å². The number of nitrogens with zero attached hydrogens (tertiary/aromatic N) is 5. The molecule has 3 aromatic rings. The second-order valence-corrected chi connectivity index (χ2v) is 9.47. The third kappa shape index (κ3) is 5.83. The summed E-state index contributed by atoms with van der Waals surface area (Å²) in [5.41, 5.74) is 1.78. The number of aromatic nitrogens is 5. The summed E-state index contributed by atoms with van der Waals surface area (Å²) in [6.07, 6.45) is 4.27. The van der Waals surface area contributed by atoms with Crippen LogP contribution in [0.5, 0.6) is 0 Å². The van der Waals surface area contributed by atoms with Gasteiger partial charge in [-0.25, -0.2) is 0 Å². The van der Waals surface area contributed by atoms with Gasteiger partial charge in [-0.3, -0.25) is 9.78 Å². The van der Waals surface area contributed by atoms with E-state index in [1.165, 1.54) is 11.3 Å². The Morgan fingerprint density at radius 1 is 1.16 bits per heavy atom. The Hall–Kier alpha value is -2.98. The van der Waals surface area contributed by atoms with Crippen LogP contribution in [0.1, 0.15) is 49.0 Å². The lowest BCUT2D eigenvalue weighted by Gasteiger charge is -2.34. The average molecular weight is 454 g/mol. The van der Waals surface area contributed by atoms with Crippen LogP contribution in [-0.4, -0.2) is 42.6 Å². The minimum absolute atomic E-state index is 0.0640. The Labute approximate surface area is 190 Å². The molecule has 1 unspecified atom stereocenters. The second-order valence-electron chi connectivity index (χ2n) is 8.41. The lowest BCUT2D eigenvalue weighted by atomic mass is 9.72. The first-order chi connectivity index (χ1) is 15.5. The van der Waals surface area contributed by atoms with Gasteiger partial charge >= 0.3 is 0 Å². The Balaban J connectivity index is 1.22. The molecule has 3 N–H and O–H groups in total. The van der Waals surface area contributed by atoms with Crippen LogP contribution in [0.4, 0.5) is 10.9 Å². The van der Waals surface area contributed by atoms with Crippen molar-refractivity contribution in [2.24, 2.45) is 11.8 Å². The lowest BCUT2D eigenvalue weighted by Crippen LogP contribution is -2.25. The number of anilines is 2. The van der Waals surface area contributed by atoms with Gasteiger partial charge in [-0.2, -0.15) is 5.10 Å². The maximum Gasteiger partial charge on any atom is 0.228 e. The number of hydrogen-bond acceptors (Lipinski definition) is 9. The van der Waals surface area contributed by atoms with E-state index in [4.69, 9.17) is 0 Å². The maximum absolute atomic E-state index is 11.7. The summed E-state index contributed by atoms with van der Waals surface area (Å²) in [4.78, 5) is 16.0. The van der Waals surface area contributed by atoms with E-state index in [9.17, 15) is 9.90 Å². The maximum atomic E-state index is 11.7. The largest absolute Gasteiger partial charge is 0.373 e. The van der Waals surface area contributed by atoms with E-state index in [1.54, 1.807) is 6.20 Å². The number of aliphatic hydroxyl groups excluding tert-OH is 1. The predicted molar refractivity (Wildman–Crippen MR) is 122 cm³/mol. The summed E-state index contributed by atoms with van der Waals surface area (Å²) in [6, 6.07) is 9.38. The molecule has 0 saturated heterocycles. The summed E-state index contributed by atoms with van der Waals surface area (Å²) in [5.74, 6) is 1.24. The molecule has 0 spiro atoms. The zero-order chi connectivity index (χ0) is 22.5. The summed E-state index contributed by atoms with van der Waals surface area (Å²) in [6.45, 7) is 3.68. The molecule has 3 heterocycles. The molecule has 4 rings (SSSR count). The lowest BCUT2D eigenvalue weighted by molar-refractivity contribution is -0.118. The zero-order valence-electron chi connectivity index (χ0n) is 18.1. The van der Waals surface area contributed by atoms with E-state index >= 15 is 0 Å². The van der Waals surface area contributed by atoms with Crippen molar-refractivity contribution < 1.29 is 9.90 Å². The molecule has 1 atom stereocenters. The van der Waals surface area contributed by atoms with Crippen molar-refractivity contribution >= 4 is 28.2 Å². The highest BCUT2D eigenvalue weighted by molar-refractivity contribution is 7.15. The van der Waals surface area contributed by atoms with Crippen LogP contribution in [0.3, 0.4) is 0 Å². The van der Waals surface area contributed by atoms with E-state index in [0.717, 1.165) is 35.7 Å². The number of aliphatic hydroxyl groups is 1. The summed E-state index contributed by atoms with van der Waals surface area (Å²) in [7, 11) is 0. The molecule has 1 fully saturated rings. The number of nitrogens with one attached hydrogen (secondary N) is 2. The van der Waals surface area contributed by atoms with E-state index in [0.29, 0.717) is 29.2 Å². The molecule has 3 aromatic heterocycles. The number of rotatable bonds is 9.